The smallest absolute Gasteiger partial charge is 0.322 e. The van der Waals surface area contributed by atoms with Gasteiger partial charge in [-0.25, -0.2) is 0 Å². The number of amides is 1. The first kappa shape index (κ1) is 13.8. The molecule has 0 saturated carbocycles. The van der Waals surface area contributed by atoms with Crippen molar-refractivity contribution >= 4 is 34.9 Å². The van der Waals surface area contributed by atoms with E-state index < -0.39 is 5.91 Å². The van der Waals surface area contributed by atoms with Gasteiger partial charge in [0, 0.05) is 10.9 Å². The van der Waals surface area contributed by atoms with E-state index in [0.717, 1.165) is 4.88 Å². The second-order valence-electron chi connectivity index (χ2n) is 4.16. The third kappa shape index (κ3) is 3.29. The molecule has 3 rings (SSSR count). The molecule has 0 saturated heterocycles. The second kappa shape index (κ2) is 5.66. The van der Waals surface area contributed by atoms with Crippen LogP contribution < -0.4 is 5.32 Å². The Hall–Kier alpha value is -2.19. The molecule has 0 unspecified atom stereocenters. The predicted octanol–water partition coefficient (Wildman–Crippen LogP) is 2.92. The third-order valence-electron chi connectivity index (χ3n) is 2.50. The molecule has 0 aliphatic carbocycles. The van der Waals surface area contributed by atoms with E-state index in [1.807, 2.05) is 6.07 Å². The number of nitrogens with one attached hydrogen (secondary N) is 1. The molecule has 0 fully saturated rings. The Morgan fingerprint density at radius 2 is 2.29 bits per heavy atom. The molecule has 21 heavy (non-hydrogen) atoms. The number of hydrogen-bond donors (Lipinski definition) is 1. The van der Waals surface area contributed by atoms with Crippen molar-refractivity contribution in [3.05, 3.63) is 44.8 Å². The summed E-state index contributed by atoms with van der Waals surface area (Å²) in [6.07, 6.45) is 0.462. The summed E-state index contributed by atoms with van der Waals surface area (Å²) >= 11 is 7.28. The largest absolute Gasteiger partial charge is 0.407 e. The molecule has 3 heterocycles. The summed E-state index contributed by atoms with van der Waals surface area (Å²) in [5.74, 6) is 0.460. The van der Waals surface area contributed by atoms with Crippen LogP contribution in [0.3, 0.4) is 0 Å². The van der Waals surface area contributed by atoms with Crippen molar-refractivity contribution in [2.24, 2.45) is 0 Å². The van der Waals surface area contributed by atoms with Crippen LogP contribution in [-0.2, 0) is 6.42 Å². The maximum atomic E-state index is 11.8. The van der Waals surface area contributed by atoms with Crippen LogP contribution in [0.15, 0.2) is 27.1 Å². The molecule has 0 aromatic carbocycles. The van der Waals surface area contributed by atoms with Crippen molar-refractivity contribution < 1.29 is 13.7 Å². The topological polar surface area (TPSA) is 94.1 Å². The average molecular weight is 325 g/mol. The SMILES string of the molecule is Cc1cc(C(=O)Nc2nnc(Cc3ccc(Cl)s3)o2)no1. The molecule has 9 heteroatoms. The van der Waals surface area contributed by atoms with Crippen LogP contribution in [0.2, 0.25) is 4.34 Å². The van der Waals surface area contributed by atoms with Crippen LogP contribution >= 0.6 is 22.9 Å². The molecular weight excluding hydrogens is 316 g/mol. The van der Waals surface area contributed by atoms with Gasteiger partial charge in [-0.15, -0.1) is 16.4 Å². The van der Waals surface area contributed by atoms with Crippen molar-refractivity contribution in [1.82, 2.24) is 15.4 Å². The van der Waals surface area contributed by atoms with Gasteiger partial charge in [0.25, 0.3) is 5.91 Å². The lowest BCUT2D eigenvalue weighted by Gasteiger charge is -1.94. The fourth-order valence-electron chi connectivity index (χ4n) is 1.61. The van der Waals surface area contributed by atoms with Crippen molar-refractivity contribution in [3.63, 3.8) is 0 Å². The Labute approximate surface area is 127 Å². The van der Waals surface area contributed by atoms with Gasteiger partial charge in [-0.2, -0.15) is 0 Å². The fraction of sp³-hybridized carbons (Fsp3) is 0.167. The molecule has 7 nitrogen and oxygen atoms in total. The van der Waals surface area contributed by atoms with Gasteiger partial charge in [-0.3, -0.25) is 10.1 Å². The van der Waals surface area contributed by atoms with Gasteiger partial charge in [0.1, 0.15) is 5.76 Å². The molecule has 0 spiro atoms. The van der Waals surface area contributed by atoms with Crippen molar-refractivity contribution in [2.75, 3.05) is 5.32 Å². The van der Waals surface area contributed by atoms with Crippen LogP contribution in [0.1, 0.15) is 27.0 Å². The molecule has 3 aromatic rings. The lowest BCUT2D eigenvalue weighted by atomic mass is 10.3. The number of nitrogens with zero attached hydrogens (tertiary/aromatic N) is 3. The standard InChI is InChI=1S/C12H9ClN4O3S/c1-6-4-8(17-20-6)11(18)14-12-16-15-10(19-12)5-7-2-3-9(13)21-7/h2-4H,5H2,1H3,(H,14,16,18). The molecule has 0 radical (unpaired) electrons. The van der Waals surface area contributed by atoms with E-state index in [1.54, 1.807) is 13.0 Å². The number of anilines is 1. The van der Waals surface area contributed by atoms with Gasteiger partial charge in [0.2, 0.25) is 5.89 Å². The van der Waals surface area contributed by atoms with Crippen LogP contribution in [0.5, 0.6) is 0 Å². The highest BCUT2D eigenvalue weighted by atomic mass is 35.5. The predicted molar refractivity (Wildman–Crippen MR) is 75.6 cm³/mol. The first-order chi connectivity index (χ1) is 10.1. The molecule has 1 N–H and O–H groups in total. The second-order valence-corrected chi connectivity index (χ2v) is 5.96. The highest BCUT2D eigenvalue weighted by Gasteiger charge is 2.15. The first-order valence-corrected chi connectivity index (χ1v) is 7.11. The molecule has 0 atom stereocenters. The molecule has 108 valence electrons. The Morgan fingerprint density at radius 1 is 1.43 bits per heavy atom. The highest BCUT2D eigenvalue weighted by molar-refractivity contribution is 7.16. The fourth-order valence-corrected chi connectivity index (χ4v) is 2.68. The number of halogens is 1. The minimum Gasteiger partial charge on any atom is -0.407 e. The van der Waals surface area contributed by atoms with Crippen LogP contribution in [-0.4, -0.2) is 21.3 Å². The summed E-state index contributed by atoms with van der Waals surface area (Å²) in [4.78, 5) is 12.8. The first-order valence-electron chi connectivity index (χ1n) is 5.91. The maximum Gasteiger partial charge on any atom is 0.322 e. The van der Waals surface area contributed by atoms with E-state index in [1.165, 1.54) is 17.4 Å². The maximum absolute atomic E-state index is 11.8. The van der Waals surface area contributed by atoms with Gasteiger partial charge < -0.3 is 8.94 Å². The molecule has 1 amide bonds. The van der Waals surface area contributed by atoms with Gasteiger partial charge in [-0.05, 0) is 19.1 Å². The monoisotopic (exact) mass is 324 g/mol. The van der Waals surface area contributed by atoms with E-state index >= 15 is 0 Å². The summed E-state index contributed by atoms with van der Waals surface area (Å²) in [6, 6.07) is 5.21. The van der Waals surface area contributed by atoms with Crippen molar-refractivity contribution in [3.8, 4) is 0 Å². The number of carbonyl (C=O) groups is 1. The van der Waals surface area contributed by atoms with Crippen molar-refractivity contribution in [2.45, 2.75) is 13.3 Å². The van der Waals surface area contributed by atoms with E-state index in [9.17, 15) is 4.79 Å². The zero-order chi connectivity index (χ0) is 14.8. The number of aromatic nitrogens is 3. The van der Waals surface area contributed by atoms with Crippen LogP contribution in [0.25, 0.3) is 0 Å². The summed E-state index contributed by atoms with van der Waals surface area (Å²) < 4.78 is 10.9. The Kier molecular flexibility index (Phi) is 3.72. The lowest BCUT2D eigenvalue weighted by molar-refractivity contribution is 0.101. The summed E-state index contributed by atoms with van der Waals surface area (Å²) in [7, 11) is 0. The van der Waals surface area contributed by atoms with E-state index in [-0.39, 0.29) is 11.7 Å². The van der Waals surface area contributed by atoms with Gasteiger partial charge in [0.15, 0.2) is 5.69 Å². The number of rotatable bonds is 4. The third-order valence-corrected chi connectivity index (χ3v) is 3.73. The van der Waals surface area contributed by atoms with Gasteiger partial charge in [-0.1, -0.05) is 21.9 Å². The lowest BCUT2D eigenvalue weighted by Crippen LogP contribution is -2.12. The van der Waals surface area contributed by atoms with E-state index in [0.29, 0.717) is 22.4 Å². The Balaban J connectivity index is 1.66. The summed E-state index contributed by atoms with van der Waals surface area (Å²) in [6.45, 7) is 1.70. The number of thiophene rings is 1. The minimum atomic E-state index is -0.471. The zero-order valence-electron chi connectivity index (χ0n) is 10.8. The Bertz CT molecular complexity index is 779. The van der Waals surface area contributed by atoms with Crippen molar-refractivity contribution in [1.29, 1.82) is 0 Å². The van der Waals surface area contributed by atoms with E-state index in [4.69, 9.17) is 20.5 Å². The quantitative estimate of drug-likeness (QED) is 0.793. The molecule has 0 aliphatic rings. The minimum absolute atomic E-state index is 0.0123. The molecular formula is C12H9ClN4O3S. The highest BCUT2D eigenvalue weighted by Crippen LogP contribution is 2.23. The van der Waals surface area contributed by atoms with E-state index in [2.05, 4.69) is 20.7 Å². The summed E-state index contributed by atoms with van der Waals surface area (Å²) in [5.41, 5.74) is 0.150. The molecule has 0 aliphatic heterocycles. The Morgan fingerprint density at radius 3 is 2.95 bits per heavy atom. The van der Waals surface area contributed by atoms with Crippen LogP contribution in [0.4, 0.5) is 6.01 Å². The molecule has 3 aromatic heterocycles. The van der Waals surface area contributed by atoms with Crippen LogP contribution in [0, 0.1) is 6.92 Å². The summed E-state index contributed by atoms with van der Waals surface area (Å²) in [5, 5.41) is 13.7. The zero-order valence-corrected chi connectivity index (χ0v) is 12.4. The molecule has 0 bridgehead atoms. The number of carbonyl (C=O) groups excluding carboxylic acids is 1. The normalized spacial score (nSPS) is 10.8. The van der Waals surface area contributed by atoms with Gasteiger partial charge >= 0.3 is 6.01 Å². The number of aryl methyl sites for hydroxylation is 1. The average Bonchev–Trinajstić information content (AvgIpc) is 3.13. The number of hydrogen-bond acceptors (Lipinski definition) is 7. The van der Waals surface area contributed by atoms with Gasteiger partial charge in [0.05, 0.1) is 10.8 Å².